The Kier molecular flexibility index (Phi) is 5.41. The third-order valence-electron chi connectivity index (χ3n) is 4.35. The normalized spacial score (nSPS) is 11.4. The number of pyridine rings is 1. The van der Waals surface area contributed by atoms with Crippen molar-refractivity contribution in [2.75, 3.05) is 12.1 Å². The zero-order chi connectivity index (χ0) is 19.6. The molecule has 0 saturated carbocycles. The Balaban J connectivity index is 2.15. The van der Waals surface area contributed by atoms with Crippen molar-refractivity contribution in [3.05, 3.63) is 45.6 Å². The number of carboxylic acids is 1. The van der Waals surface area contributed by atoms with Crippen LogP contribution >= 0.6 is 0 Å². The molecule has 2 N–H and O–H groups in total. The molecule has 0 aliphatic carbocycles. The van der Waals surface area contributed by atoms with E-state index in [0.717, 1.165) is 18.4 Å². The highest BCUT2D eigenvalue weighted by molar-refractivity contribution is 5.98. The molecule has 0 bridgehead atoms. The highest BCUT2D eigenvalue weighted by atomic mass is 16.6. The molecule has 2 aromatic heterocycles. The van der Waals surface area contributed by atoms with Crippen molar-refractivity contribution in [2.45, 2.75) is 39.5 Å². The lowest BCUT2D eigenvalue weighted by Gasteiger charge is -2.10. The highest BCUT2D eigenvalue weighted by Gasteiger charge is 2.18. The van der Waals surface area contributed by atoms with E-state index in [0.29, 0.717) is 17.6 Å². The van der Waals surface area contributed by atoms with Crippen LogP contribution in [0.3, 0.4) is 0 Å². The molecule has 0 aliphatic heterocycles. The summed E-state index contributed by atoms with van der Waals surface area (Å²) < 4.78 is 5.77. The third kappa shape index (κ3) is 3.78. The Bertz CT molecular complexity index is 1060. The van der Waals surface area contributed by atoms with Crippen molar-refractivity contribution in [1.82, 2.24) is 4.98 Å². The summed E-state index contributed by atoms with van der Waals surface area (Å²) in [4.78, 5) is 34.0. The molecule has 0 radical (unpaired) electrons. The average Bonchev–Trinajstić information content (AvgIpc) is 2.64. The Morgan fingerprint density at radius 3 is 2.74 bits per heavy atom. The van der Waals surface area contributed by atoms with Crippen LogP contribution in [-0.4, -0.2) is 22.7 Å². The number of hydrogen-bond donors (Lipinski definition) is 2. The molecule has 7 nitrogen and oxygen atoms in total. The Hall–Kier alpha value is -2.93. The lowest BCUT2D eigenvalue weighted by molar-refractivity contribution is 0.0696. The van der Waals surface area contributed by atoms with Gasteiger partial charge in [0, 0.05) is 0 Å². The predicted octanol–water partition coefficient (Wildman–Crippen LogP) is 4.31. The number of carboxylic acid groups (broad SMARTS) is 1. The van der Waals surface area contributed by atoms with Crippen LogP contribution < -0.4 is 10.9 Å². The standard InChI is InChI=1S/C20H22N2O5/c1-4-5-8-26-22-18-15(20(24)25)10-14-17(23)13-9-12(11(2)3)6-7-16(13)27-19(14)21-18/h6-7,9-11H,4-5,8H2,1-3H3,(H,21,22)(H,24,25). The zero-order valence-electron chi connectivity index (χ0n) is 15.5. The topological polar surface area (TPSA) is 102 Å². The molecule has 0 amide bonds. The minimum atomic E-state index is -1.21. The molecule has 0 spiro atoms. The van der Waals surface area contributed by atoms with Gasteiger partial charge in [-0.25, -0.2) is 10.3 Å². The van der Waals surface area contributed by atoms with Gasteiger partial charge in [-0.3, -0.25) is 9.63 Å². The van der Waals surface area contributed by atoms with E-state index in [4.69, 9.17) is 9.25 Å². The summed E-state index contributed by atoms with van der Waals surface area (Å²) in [6, 6.07) is 6.71. The number of benzene rings is 1. The number of fused-ring (bicyclic) bond motifs is 2. The van der Waals surface area contributed by atoms with Crippen LogP contribution in [0, 0.1) is 0 Å². The van der Waals surface area contributed by atoms with Crippen molar-refractivity contribution >= 4 is 33.9 Å². The summed E-state index contributed by atoms with van der Waals surface area (Å²) in [5.74, 6) is -0.946. The second-order valence-corrected chi connectivity index (χ2v) is 6.69. The van der Waals surface area contributed by atoms with Crippen LogP contribution in [0.2, 0.25) is 0 Å². The molecule has 142 valence electrons. The molecule has 3 aromatic rings. The van der Waals surface area contributed by atoms with E-state index in [1.807, 2.05) is 26.8 Å². The average molecular weight is 370 g/mol. The smallest absolute Gasteiger partial charge is 0.339 e. The van der Waals surface area contributed by atoms with Crippen LogP contribution in [0.25, 0.3) is 22.1 Å². The zero-order valence-corrected chi connectivity index (χ0v) is 15.5. The van der Waals surface area contributed by atoms with Crippen LogP contribution in [0.15, 0.2) is 33.5 Å². The maximum atomic E-state index is 12.9. The summed E-state index contributed by atoms with van der Waals surface area (Å²) in [7, 11) is 0. The van der Waals surface area contributed by atoms with E-state index in [1.54, 1.807) is 12.1 Å². The van der Waals surface area contributed by atoms with Crippen LogP contribution in [0.4, 0.5) is 5.82 Å². The first-order valence-corrected chi connectivity index (χ1v) is 8.95. The Morgan fingerprint density at radius 1 is 1.30 bits per heavy atom. The molecule has 0 aliphatic rings. The van der Waals surface area contributed by atoms with Crippen molar-refractivity contribution in [3.8, 4) is 0 Å². The third-order valence-corrected chi connectivity index (χ3v) is 4.35. The summed E-state index contributed by atoms with van der Waals surface area (Å²) in [5, 5.41) is 10.0. The maximum absolute atomic E-state index is 12.9. The van der Waals surface area contributed by atoms with Crippen LogP contribution in [0.1, 0.15) is 55.5 Å². The van der Waals surface area contributed by atoms with Crippen molar-refractivity contribution in [1.29, 1.82) is 0 Å². The van der Waals surface area contributed by atoms with E-state index in [1.165, 1.54) is 6.07 Å². The summed E-state index contributed by atoms with van der Waals surface area (Å²) >= 11 is 0. The molecule has 1 aromatic carbocycles. The maximum Gasteiger partial charge on any atom is 0.339 e. The largest absolute Gasteiger partial charge is 0.478 e. The van der Waals surface area contributed by atoms with Gasteiger partial charge in [0.2, 0.25) is 11.1 Å². The minimum absolute atomic E-state index is 0.00686. The highest BCUT2D eigenvalue weighted by Crippen LogP contribution is 2.25. The molecular formula is C20H22N2O5. The van der Waals surface area contributed by atoms with E-state index >= 15 is 0 Å². The van der Waals surface area contributed by atoms with Gasteiger partial charge in [-0.1, -0.05) is 33.3 Å². The van der Waals surface area contributed by atoms with Gasteiger partial charge < -0.3 is 9.52 Å². The molecule has 27 heavy (non-hydrogen) atoms. The minimum Gasteiger partial charge on any atom is -0.478 e. The molecule has 0 unspecified atom stereocenters. The van der Waals surface area contributed by atoms with Gasteiger partial charge in [0.15, 0.2) is 5.82 Å². The first-order chi connectivity index (χ1) is 12.9. The molecule has 7 heteroatoms. The number of aromatic carboxylic acids is 1. The summed E-state index contributed by atoms with van der Waals surface area (Å²) in [5.41, 5.74) is 3.58. The number of aromatic nitrogens is 1. The van der Waals surface area contributed by atoms with E-state index in [9.17, 15) is 14.7 Å². The number of rotatable bonds is 7. The molecule has 3 rings (SSSR count). The fourth-order valence-electron chi connectivity index (χ4n) is 2.74. The van der Waals surface area contributed by atoms with E-state index in [2.05, 4.69) is 10.5 Å². The molecule has 0 atom stereocenters. The van der Waals surface area contributed by atoms with Crippen LogP contribution in [-0.2, 0) is 4.84 Å². The van der Waals surface area contributed by atoms with Gasteiger partial charge in [-0.15, -0.1) is 0 Å². The SMILES string of the molecule is CCCCONc1nc2oc3ccc(C(C)C)cc3c(=O)c2cc1C(=O)O. The molecule has 0 saturated heterocycles. The number of carbonyl (C=O) groups is 1. The van der Waals surface area contributed by atoms with Gasteiger partial charge in [0.25, 0.3) is 0 Å². The molecule has 0 fully saturated rings. The number of unbranched alkanes of at least 4 members (excludes halogenated alkanes) is 1. The number of nitrogens with zero attached hydrogens (tertiary/aromatic N) is 1. The summed E-state index contributed by atoms with van der Waals surface area (Å²) in [6.07, 6.45) is 1.76. The lowest BCUT2D eigenvalue weighted by Crippen LogP contribution is -2.12. The van der Waals surface area contributed by atoms with Crippen molar-refractivity contribution in [2.24, 2.45) is 0 Å². The number of hydrogen-bond acceptors (Lipinski definition) is 6. The van der Waals surface area contributed by atoms with E-state index < -0.39 is 5.97 Å². The van der Waals surface area contributed by atoms with Gasteiger partial charge in [0.05, 0.1) is 17.4 Å². The van der Waals surface area contributed by atoms with Crippen molar-refractivity contribution in [3.63, 3.8) is 0 Å². The molecule has 2 heterocycles. The van der Waals surface area contributed by atoms with Gasteiger partial charge >= 0.3 is 5.97 Å². The van der Waals surface area contributed by atoms with Crippen LogP contribution in [0.5, 0.6) is 0 Å². The lowest BCUT2D eigenvalue weighted by atomic mass is 10.0. The fourth-order valence-corrected chi connectivity index (χ4v) is 2.74. The fraction of sp³-hybridized carbons (Fsp3) is 0.350. The molecular weight excluding hydrogens is 348 g/mol. The second-order valence-electron chi connectivity index (χ2n) is 6.69. The number of anilines is 1. The second kappa shape index (κ2) is 7.75. The van der Waals surface area contributed by atoms with Gasteiger partial charge in [0.1, 0.15) is 11.1 Å². The number of nitrogens with one attached hydrogen (secondary N) is 1. The monoisotopic (exact) mass is 370 g/mol. The Labute approximate surface area is 155 Å². The van der Waals surface area contributed by atoms with Gasteiger partial charge in [-0.05, 0) is 36.1 Å². The summed E-state index contributed by atoms with van der Waals surface area (Å²) in [6.45, 7) is 6.49. The Morgan fingerprint density at radius 2 is 2.07 bits per heavy atom. The quantitative estimate of drug-likeness (QED) is 0.363. The van der Waals surface area contributed by atoms with Crippen molar-refractivity contribution < 1.29 is 19.2 Å². The first-order valence-electron chi connectivity index (χ1n) is 8.95. The van der Waals surface area contributed by atoms with Gasteiger partial charge in [-0.2, -0.15) is 4.98 Å². The predicted molar refractivity (Wildman–Crippen MR) is 103 cm³/mol. The first kappa shape index (κ1) is 18.8. The van der Waals surface area contributed by atoms with E-state index in [-0.39, 0.29) is 33.8 Å².